The first-order valence-corrected chi connectivity index (χ1v) is 7.40. The molecule has 19 heavy (non-hydrogen) atoms. The summed E-state index contributed by atoms with van der Waals surface area (Å²) in [4.78, 5) is 11.5. The van der Waals surface area contributed by atoms with Gasteiger partial charge >= 0.3 is 0 Å². The number of nitrogens with zero attached hydrogens (tertiary/aromatic N) is 1. The highest BCUT2D eigenvalue weighted by Crippen LogP contribution is 2.09. The lowest BCUT2D eigenvalue weighted by molar-refractivity contribution is -0.889. The van der Waals surface area contributed by atoms with E-state index >= 15 is 0 Å². The fourth-order valence-corrected chi connectivity index (χ4v) is 2.05. The molecule has 0 aromatic rings. The Morgan fingerprint density at radius 3 is 2.05 bits per heavy atom. The molecular weight excluding hydrogens is 349 g/mol. The van der Waals surface area contributed by atoms with Crippen LogP contribution < -0.4 is 24.0 Å². The molecule has 0 fully saturated rings. The van der Waals surface area contributed by atoms with Crippen molar-refractivity contribution in [3.63, 3.8) is 0 Å². The Morgan fingerprint density at radius 2 is 1.53 bits per heavy atom. The lowest BCUT2D eigenvalue weighted by atomic mass is 10.1. The summed E-state index contributed by atoms with van der Waals surface area (Å²) in [7, 11) is 4.44. The van der Waals surface area contributed by atoms with E-state index < -0.39 is 0 Å². The molecule has 0 aliphatic rings. The number of carbonyl (C=O) groups excluding carboxylic acids is 1. The smallest absolute Gasteiger partial charge is 0.163 e. The number of allylic oxidation sites excluding steroid dienone is 1. The third-order valence-corrected chi connectivity index (χ3v) is 3.54. The number of rotatable bonds is 11. The van der Waals surface area contributed by atoms with E-state index in [2.05, 4.69) is 27.6 Å². The van der Waals surface area contributed by atoms with Crippen LogP contribution >= 0.6 is 0 Å². The molecule has 0 radical (unpaired) electrons. The zero-order chi connectivity index (χ0) is 14.0. The molecule has 0 heterocycles. The minimum absolute atomic E-state index is 0. The van der Waals surface area contributed by atoms with E-state index in [0.29, 0.717) is 12.0 Å². The van der Waals surface area contributed by atoms with Gasteiger partial charge < -0.3 is 28.5 Å². The molecule has 0 N–H and O–H groups in total. The van der Waals surface area contributed by atoms with Gasteiger partial charge in [-0.25, -0.2) is 0 Å². The third kappa shape index (κ3) is 12.9. The number of halogens is 1. The first kappa shape index (κ1) is 21.4. The molecule has 0 rings (SSSR count). The van der Waals surface area contributed by atoms with Crippen LogP contribution in [0.2, 0.25) is 0 Å². The van der Waals surface area contributed by atoms with Gasteiger partial charge in [0.1, 0.15) is 0 Å². The van der Waals surface area contributed by atoms with Crippen molar-refractivity contribution in [3.8, 4) is 0 Å². The average molecular weight is 381 g/mol. The Labute approximate surface area is 137 Å². The van der Waals surface area contributed by atoms with Crippen LogP contribution in [0.15, 0.2) is 12.2 Å². The Morgan fingerprint density at radius 1 is 1.00 bits per heavy atom. The first-order valence-electron chi connectivity index (χ1n) is 7.40. The van der Waals surface area contributed by atoms with Gasteiger partial charge in [-0.1, -0.05) is 39.2 Å². The highest BCUT2D eigenvalue weighted by molar-refractivity contribution is 5.94. The number of carbonyl (C=O) groups is 1. The Hall–Kier alpha value is 0.1000. The largest absolute Gasteiger partial charge is 1.00 e. The highest BCUT2D eigenvalue weighted by atomic mass is 127. The summed E-state index contributed by atoms with van der Waals surface area (Å²) < 4.78 is 0.951. The molecule has 0 aromatic carbocycles. The molecule has 0 aliphatic carbocycles. The van der Waals surface area contributed by atoms with E-state index in [4.69, 9.17) is 0 Å². The molecule has 0 saturated heterocycles. The van der Waals surface area contributed by atoms with Crippen molar-refractivity contribution in [2.24, 2.45) is 0 Å². The molecule has 114 valence electrons. The van der Waals surface area contributed by atoms with Crippen LogP contribution in [-0.4, -0.2) is 37.5 Å². The molecule has 0 aromatic heterocycles. The van der Waals surface area contributed by atoms with Gasteiger partial charge in [-0.15, -0.1) is 0 Å². The van der Waals surface area contributed by atoms with Gasteiger partial charge in [0.25, 0.3) is 0 Å². The number of unbranched alkanes of at least 4 members (excludes halogenated alkanes) is 5. The molecule has 3 heteroatoms. The SMILES string of the molecule is C=C(C)C(=O)CC[N+](C)(C)CCCCCCCC.[I-]. The van der Waals surface area contributed by atoms with Crippen molar-refractivity contribution in [2.75, 3.05) is 27.2 Å². The summed E-state index contributed by atoms with van der Waals surface area (Å²) in [5, 5.41) is 0. The Balaban J connectivity index is 0. The van der Waals surface area contributed by atoms with Gasteiger partial charge in [0, 0.05) is 0 Å². The van der Waals surface area contributed by atoms with Gasteiger partial charge in [-0.05, 0) is 25.3 Å². The van der Waals surface area contributed by atoms with Crippen molar-refractivity contribution in [1.82, 2.24) is 0 Å². The maximum atomic E-state index is 11.5. The minimum atomic E-state index is 0. The van der Waals surface area contributed by atoms with Crippen molar-refractivity contribution >= 4 is 5.78 Å². The summed E-state index contributed by atoms with van der Waals surface area (Å²) in [6, 6.07) is 0. The number of hydrogen-bond donors (Lipinski definition) is 0. The zero-order valence-corrected chi connectivity index (χ0v) is 15.5. The second kappa shape index (κ2) is 11.9. The molecule has 0 spiro atoms. The van der Waals surface area contributed by atoms with Crippen LogP contribution in [0.3, 0.4) is 0 Å². The fraction of sp³-hybridized carbons (Fsp3) is 0.812. The summed E-state index contributed by atoms with van der Waals surface area (Å²) in [6.45, 7) is 9.86. The minimum Gasteiger partial charge on any atom is -1.00 e. The van der Waals surface area contributed by atoms with Crippen LogP contribution in [0, 0.1) is 0 Å². The maximum absolute atomic E-state index is 11.5. The topological polar surface area (TPSA) is 17.1 Å². The van der Waals surface area contributed by atoms with Crippen molar-refractivity contribution in [2.45, 2.75) is 58.8 Å². The standard InChI is InChI=1S/C16H32NO.HI/c1-6-7-8-9-10-11-13-17(4,5)14-12-16(18)15(2)3;/h2,6-14H2,1,3-5H3;1H/q+1;/p-1. The predicted molar refractivity (Wildman–Crippen MR) is 79.7 cm³/mol. The number of ketones is 1. The van der Waals surface area contributed by atoms with Crippen LogP contribution in [-0.2, 0) is 4.79 Å². The van der Waals surface area contributed by atoms with E-state index in [1.165, 1.54) is 45.1 Å². The second-order valence-corrected chi connectivity index (χ2v) is 6.10. The van der Waals surface area contributed by atoms with Crippen LogP contribution in [0.1, 0.15) is 58.8 Å². The summed E-state index contributed by atoms with van der Waals surface area (Å²) in [5.74, 6) is 0.212. The molecule has 0 atom stereocenters. The van der Waals surface area contributed by atoms with Crippen molar-refractivity contribution < 1.29 is 33.3 Å². The number of Topliss-reactive ketones (excluding diaryl/α,β-unsaturated/α-hetero) is 1. The Kier molecular flexibility index (Phi) is 13.4. The highest BCUT2D eigenvalue weighted by Gasteiger charge is 2.16. The van der Waals surface area contributed by atoms with Gasteiger partial charge in [-0.2, -0.15) is 0 Å². The van der Waals surface area contributed by atoms with Gasteiger partial charge in [0.2, 0.25) is 0 Å². The van der Waals surface area contributed by atoms with E-state index in [-0.39, 0.29) is 29.8 Å². The van der Waals surface area contributed by atoms with Gasteiger partial charge in [0.15, 0.2) is 5.78 Å². The summed E-state index contributed by atoms with van der Waals surface area (Å²) in [6.07, 6.45) is 8.65. The van der Waals surface area contributed by atoms with E-state index in [1.54, 1.807) is 6.92 Å². The first-order chi connectivity index (χ1) is 8.39. The van der Waals surface area contributed by atoms with Crippen LogP contribution in [0.25, 0.3) is 0 Å². The summed E-state index contributed by atoms with van der Waals surface area (Å²) in [5.41, 5.74) is 0.689. The lowest BCUT2D eigenvalue weighted by Gasteiger charge is -2.29. The monoisotopic (exact) mass is 381 g/mol. The van der Waals surface area contributed by atoms with Gasteiger partial charge in [-0.3, -0.25) is 4.79 Å². The van der Waals surface area contributed by atoms with Crippen LogP contribution in [0.5, 0.6) is 0 Å². The average Bonchev–Trinajstić information content (AvgIpc) is 2.30. The third-order valence-electron chi connectivity index (χ3n) is 3.54. The van der Waals surface area contributed by atoms with E-state index in [0.717, 1.165) is 11.0 Å². The molecule has 0 unspecified atom stereocenters. The van der Waals surface area contributed by atoms with Gasteiger partial charge in [0.05, 0.1) is 33.6 Å². The fourth-order valence-electron chi connectivity index (χ4n) is 2.05. The molecule has 2 nitrogen and oxygen atoms in total. The molecule has 0 aliphatic heterocycles. The van der Waals surface area contributed by atoms with E-state index in [1.807, 2.05) is 0 Å². The Bertz CT molecular complexity index is 261. The van der Waals surface area contributed by atoms with E-state index in [9.17, 15) is 4.79 Å². The van der Waals surface area contributed by atoms with Crippen molar-refractivity contribution in [3.05, 3.63) is 12.2 Å². The molecule has 0 saturated carbocycles. The maximum Gasteiger partial charge on any atom is 0.163 e. The number of quaternary nitrogens is 1. The predicted octanol–water partition coefficient (Wildman–Crippen LogP) is 0.963. The quantitative estimate of drug-likeness (QED) is 0.226. The van der Waals surface area contributed by atoms with Crippen LogP contribution in [0.4, 0.5) is 0 Å². The number of hydrogen-bond acceptors (Lipinski definition) is 1. The summed E-state index contributed by atoms with van der Waals surface area (Å²) >= 11 is 0. The van der Waals surface area contributed by atoms with Crippen molar-refractivity contribution in [1.29, 1.82) is 0 Å². The molecule has 0 bridgehead atoms. The normalized spacial score (nSPS) is 10.9. The molecule has 0 amide bonds. The lowest BCUT2D eigenvalue weighted by Crippen LogP contribution is -3.00. The molecular formula is C16H32INO. The second-order valence-electron chi connectivity index (χ2n) is 6.10. The zero-order valence-electron chi connectivity index (χ0n) is 13.3.